The van der Waals surface area contributed by atoms with Crippen molar-refractivity contribution < 1.29 is 14.3 Å². The Balaban J connectivity index is 1.74. The van der Waals surface area contributed by atoms with Crippen molar-refractivity contribution in [2.45, 2.75) is 25.4 Å². The first kappa shape index (κ1) is 15.4. The van der Waals surface area contributed by atoms with Gasteiger partial charge in [-0.2, -0.15) is 0 Å². The summed E-state index contributed by atoms with van der Waals surface area (Å²) in [6.45, 7) is 3.86. The fourth-order valence-electron chi connectivity index (χ4n) is 2.53. The molecule has 0 aliphatic carbocycles. The molecule has 0 saturated heterocycles. The van der Waals surface area contributed by atoms with E-state index in [-0.39, 0.29) is 18.7 Å². The van der Waals surface area contributed by atoms with Crippen LogP contribution in [0.1, 0.15) is 31.0 Å². The summed E-state index contributed by atoms with van der Waals surface area (Å²) in [6, 6.07) is 14.8. The molecule has 0 fully saturated rings. The molecule has 0 bridgehead atoms. The second kappa shape index (κ2) is 5.93. The van der Waals surface area contributed by atoms with E-state index in [1.54, 1.807) is 6.92 Å². The summed E-state index contributed by atoms with van der Waals surface area (Å²) < 4.78 is 10.7. The Morgan fingerprint density at radius 3 is 2.61 bits per heavy atom. The highest BCUT2D eigenvalue weighted by Gasteiger charge is 2.31. The van der Waals surface area contributed by atoms with Crippen LogP contribution in [-0.4, -0.2) is 12.7 Å². The normalized spacial score (nSPS) is 16.5. The number of ether oxygens (including phenoxy) is 2. The van der Waals surface area contributed by atoms with Gasteiger partial charge in [-0.25, -0.2) is 0 Å². The van der Waals surface area contributed by atoms with Crippen LogP contribution in [0.15, 0.2) is 48.5 Å². The third-order valence-corrected chi connectivity index (χ3v) is 4.09. The van der Waals surface area contributed by atoms with E-state index in [0.29, 0.717) is 5.75 Å². The van der Waals surface area contributed by atoms with Crippen LogP contribution in [0.2, 0.25) is 0 Å². The number of rotatable bonds is 4. The molecule has 1 aliphatic rings. The molecule has 23 heavy (non-hydrogen) atoms. The maximum Gasteiger partial charge on any atom is 0.244 e. The van der Waals surface area contributed by atoms with E-state index >= 15 is 0 Å². The van der Waals surface area contributed by atoms with Crippen molar-refractivity contribution in [1.82, 2.24) is 5.32 Å². The molecular weight excluding hydrogens is 292 g/mol. The second-order valence-electron chi connectivity index (χ2n) is 5.88. The van der Waals surface area contributed by atoms with E-state index in [2.05, 4.69) is 5.32 Å². The molecule has 3 N–H and O–H groups in total. The predicted octanol–water partition coefficient (Wildman–Crippen LogP) is 2.47. The van der Waals surface area contributed by atoms with Crippen molar-refractivity contribution in [2.24, 2.45) is 5.73 Å². The van der Waals surface area contributed by atoms with Crippen molar-refractivity contribution in [3.05, 3.63) is 59.7 Å². The van der Waals surface area contributed by atoms with Gasteiger partial charge in [0, 0.05) is 0 Å². The lowest BCUT2D eigenvalue weighted by Gasteiger charge is -2.26. The number of hydrogen-bond donors (Lipinski definition) is 2. The Bertz CT molecular complexity index is 713. The lowest BCUT2D eigenvalue weighted by atomic mass is 9.91. The number of fused-ring (bicyclic) bond motifs is 1. The zero-order valence-corrected chi connectivity index (χ0v) is 13.2. The molecule has 0 radical (unpaired) electrons. The molecule has 3 rings (SSSR count). The largest absolute Gasteiger partial charge is 0.454 e. The fourth-order valence-corrected chi connectivity index (χ4v) is 2.53. The standard InChI is InChI=1S/C18H20N2O3/c1-12(13-8-9-15-16(10-13)23-11-22-15)20-17(21)18(2,19)14-6-4-3-5-7-14/h3-10,12H,11,19H2,1-2H3,(H,20,21). The van der Waals surface area contributed by atoms with Gasteiger partial charge in [-0.3, -0.25) is 4.79 Å². The van der Waals surface area contributed by atoms with E-state index < -0.39 is 5.54 Å². The molecule has 5 heteroatoms. The van der Waals surface area contributed by atoms with Gasteiger partial charge in [-0.05, 0) is 37.1 Å². The summed E-state index contributed by atoms with van der Waals surface area (Å²) in [5, 5.41) is 2.97. The van der Waals surface area contributed by atoms with Gasteiger partial charge >= 0.3 is 0 Å². The van der Waals surface area contributed by atoms with Crippen LogP contribution < -0.4 is 20.5 Å². The van der Waals surface area contributed by atoms with Gasteiger partial charge in [-0.15, -0.1) is 0 Å². The first-order chi connectivity index (χ1) is 11.0. The number of nitrogens with one attached hydrogen (secondary N) is 1. The maximum atomic E-state index is 12.6. The third-order valence-electron chi connectivity index (χ3n) is 4.09. The molecule has 2 aromatic carbocycles. The van der Waals surface area contributed by atoms with E-state index in [9.17, 15) is 4.79 Å². The summed E-state index contributed by atoms with van der Waals surface area (Å²) in [6.07, 6.45) is 0. The predicted molar refractivity (Wildman–Crippen MR) is 87.1 cm³/mol. The summed E-state index contributed by atoms with van der Waals surface area (Å²) in [5.74, 6) is 1.19. The molecule has 0 saturated carbocycles. The number of benzene rings is 2. The Labute approximate surface area is 135 Å². The Morgan fingerprint density at radius 1 is 1.17 bits per heavy atom. The number of carbonyl (C=O) groups is 1. The highest BCUT2D eigenvalue weighted by molar-refractivity contribution is 5.87. The van der Waals surface area contributed by atoms with Crippen molar-refractivity contribution in [2.75, 3.05) is 6.79 Å². The van der Waals surface area contributed by atoms with Crippen LogP contribution in [0.25, 0.3) is 0 Å². The molecule has 2 atom stereocenters. The summed E-state index contributed by atoms with van der Waals surface area (Å²) in [4.78, 5) is 12.6. The molecule has 0 aromatic heterocycles. The van der Waals surface area contributed by atoms with Crippen LogP contribution in [-0.2, 0) is 10.3 Å². The molecule has 1 aliphatic heterocycles. The molecule has 1 heterocycles. The van der Waals surface area contributed by atoms with Gasteiger partial charge < -0.3 is 20.5 Å². The summed E-state index contributed by atoms with van der Waals surface area (Å²) in [5.41, 5.74) is 6.86. The van der Waals surface area contributed by atoms with Gasteiger partial charge in [0.15, 0.2) is 11.5 Å². The van der Waals surface area contributed by atoms with E-state index in [0.717, 1.165) is 16.9 Å². The lowest BCUT2D eigenvalue weighted by molar-refractivity contribution is -0.126. The van der Waals surface area contributed by atoms with Crippen molar-refractivity contribution in [3.63, 3.8) is 0 Å². The Kier molecular flexibility index (Phi) is 3.96. The molecule has 2 aromatic rings. The van der Waals surface area contributed by atoms with Gasteiger partial charge in [0.2, 0.25) is 12.7 Å². The molecule has 2 unspecified atom stereocenters. The molecule has 5 nitrogen and oxygen atoms in total. The first-order valence-electron chi connectivity index (χ1n) is 7.53. The second-order valence-corrected chi connectivity index (χ2v) is 5.88. The summed E-state index contributed by atoms with van der Waals surface area (Å²) in [7, 11) is 0. The molecular formula is C18H20N2O3. The maximum absolute atomic E-state index is 12.6. The van der Waals surface area contributed by atoms with E-state index in [1.807, 2.05) is 55.5 Å². The molecule has 120 valence electrons. The number of nitrogens with two attached hydrogens (primary N) is 1. The lowest BCUT2D eigenvalue weighted by Crippen LogP contribution is -2.49. The van der Waals surface area contributed by atoms with Gasteiger partial charge in [-0.1, -0.05) is 36.4 Å². The number of amides is 1. The van der Waals surface area contributed by atoms with Crippen LogP contribution in [0.4, 0.5) is 0 Å². The van der Waals surface area contributed by atoms with Crippen molar-refractivity contribution in [1.29, 1.82) is 0 Å². The number of carbonyl (C=O) groups excluding carboxylic acids is 1. The van der Waals surface area contributed by atoms with Gasteiger partial charge in [0.1, 0.15) is 5.54 Å². The van der Waals surface area contributed by atoms with Gasteiger partial charge in [0.25, 0.3) is 0 Å². The SMILES string of the molecule is CC(NC(=O)C(C)(N)c1ccccc1)c1ccc2c(c1)OCO2. The molecule has 1 amide bonds. The first-order valence-corrected chi connectivity index (χ1v) is 7.53. The number of hydrogen-bond acceptors (Lipinski definition) is 4. The quantitative estimate of drug-likeness (QED) is 0.909. The molecule has 0 spiro atoms. The Hall–Kier alpha value is -2.53. The van der Waals surface area contributed by atoms with Crippen LogP contribution >= 0.6 is 0 Å². The van der Waals surface area contributed by atoms with Crippen LogP contribution in [0, 0.1) is 0 Å². The van der Waals surface area contributed by atoms with Crippen LogP contribution in [0.3, 0.4) is 0 Å². The third kappa shape index (κ3) is 3.00. The topological polar surface area (TPSA) is 73.6 Å². The van der Waals surface area contributed by atoms with Crippen molar-refractivity contribution >= 4 is 5.91 Å². The average molecular weight is 312 g/mol. The van der Waals surface area contributed by atoms with Crippen molar-refractivity contribution in [3.8, 4) is 11.5 Å². The van der Waals surface area contributed by atoms with E-state index in [1.165, 1.54) is 0 Å². The highest BCUT2D eigenvalue weighted by Crippen LogP contribution is 2.34. The van der Waals surface area contributed by atoms with E-state index in [4.69, 9.17) is 15.2 Å². The van der Waals surface area contributed by atoms with Gasteiger partial charge in [0.05, 0.1) is 6.04 Å². The van der Waals surface area contributed by atoms with Crippen LogP contribution in [0.5, 0.6) is 11.5 Å². The highest BCUT2D eigenvalue weighted by atomic mass is 16.7. The zero-order chi connectivity index (χ0) is 16.4. The average Bonchev–Trinajstić information content (AvgIpc) is 3.03. The smallest absolute Gasteiger partial charge is 0.244 e. The minimum absolute atomic E-state index is 0.191. The zero-order valence-electron chi connectivity index (χ0n) is 13.2. The monoisotopic (exact) mass is 312 g/mol. The minimum atomic E-state index is -1.09. The minimum Gasteiger partial charge on any atom is -0.454 e. The summed E-state index contributed by atoms with van der Waals surface area (Å²) >= 11 is 0. The fraction of sp³-hybridized carbons (Fsp3) is 0.278. The Morgan fingerprint density at radius 2 is 1.87 bits per heavy atom.